The molecule has 0 bridgehead atoms. The number of halogens is 1. The summed E-state index contributed by atoms with van der Waals surface area (Å²) in [5.74, 6) is -0.470. The number of carbonyl (C=O) groups excluding carboxylic acids is 1. The zero-order valence-corrected chi connectivity index (χ0v) is 10.1. The van der Waals surface area contributed by atoms with E-state index in [1.807, 2.05) is 6.07 Å². The molecule has 0 N–H and O–H groups in total. The number of esters is 1. The molecule has 1 aliphatic carbocycles. The molecule has 3 heteroatoms. The van der Waals surface area contributed by atoms with Crippen LogP contribution in [0.4, 0.5) is 4.39 Å². The summed E-state index contributed by atoms with van der Waals surface area (Å²) < 4.78 is 18.5. The van der Waals surface area contributed by atoms with Crippen LogP contribution < -0.4 is 0 Å². The van der Waals surface area contributed by atoms with E-state index in [-0.39, 0.29) is 12.4 Å². The summed E-state index contributed by atoms with van der Waals surface area (Å²) in [6, 6.07) is 6.93. The second-order valence-electron chi connectivity index (χ2n) is 4.20. The van der Waals surface area contributed by atoms with Gasteiger partial charge in [-0.15, -0.1) is 0 Å². The molecule has 0 aliphatic heterocycles. The number of rotatable bonds is 4. The SMILES string of the molecule is C=CCOC(=O)c1cccc(C2=C(F)CCC2)c1. The fourth-order valence-electron chi connectivity index (χ4n) is 2.06. The van der Waals surface area contributed by atoms with Gasteiger partial charge in [0.1, 0.15) is 12.4 Å². The van der Waals surface area contributed by atoms with Crippen LogP contribution in [-0.4, -0.2) is 12.6 Å². The van der Waals surface area contributed by atoms with Gasteiger partial charge in [-0.3, -0.25) is 0 Å². The third kappa shape index (κ3) is 2.67. The molecule has 94 valence electrons. The van der Waals surface area contributed by atoms with Gasteiger partial charge in [0.05, 0.1) is 5.56 Å². The highest BCUT2D eigenvalue weighted by Gasteiger charge is 2.17. The Morgan fingerprint density at radius 1 is 1.44 bits per heavy atom. The highest BCUT2D eigenvalue weighted by molar-refractivity contribution is 5.90. The maximum Gasteiger partial charge on any atom is 0.338 e. The number of hydrogen-bond acceptors (Lipinski definition) is 2. The third-order valence-electron chi connectivity index (χ3n) is 2.93. The second kappa shape index (κ2) is 5.63. The predicted octanol–water partition coefficient (Wildman–Crippen LogP) is 3.89. The molecular formula is C15H15FO2. The first-order valence-corrected chi connectivity index (χ1v) is 5.98. The first-order valence-electron chi connectivity index (χ1n) is 5.98. The number of carbonyl (C=O) groups is 1. The summed E-state index contributed by atoms with van der Waals surface area (Å²) in [5, 5.41) is 0. The van der Waals surface area contributed by atoms with E-state index in [9.17, 15) is 9.18 Å². The summed E-state index contributed by atoms with van der Waals surface area (Å²) in [5.41, 5.74) is 1.94. The molecular weight excluding hydrogens is 231 g/mol. The van der Waals surface area contributed by atoms with Crippen molar-refractivity contribution in [3.05, 3.63) is 53.9 Å². The summed E-state index contributed by atoms with van der Waals surface area (Å²) in [4.78, 5) is 11.7. The van der Waals surface area contributed by atoms with Crippen molar-refractivity contribution in [2.45, 2.75) is 19.3 Å². The van der Waals surface area contributed by atoms with Gasteiger partial charge in [-0.25, -0.2) is 9.18 Å². The predicted molar refractivity (Wildman–Crippen MR) is 68.8 cm³/mol. The molecule has 0 amide bonds. The van der Waals surface area contributed by atoms with Crippen molar-refractivity contribution < 1.29 is 13.9 Å². The largest absolute Gasteiger partial charge is 0.458 e. The van der Waals surface area contributed by atoms with Crippen LogP contribution in [0, 0.1) is 0 Å². The van der Waals surface area contributed by atoms with E-state index in [0.29, 0.717) is 17.6 Å². The second-order valence-corrected chi connectivity index (χ2v) is 4.20. The van der Waals surface area contributed by atoms with E-state index in [1.165, 1.54) is 6.08 Å². The van der Waals surface area contributed by atoms with Crippen molar-refractivity contribution in [1.82, 2.24) is 0 Å². The van der Waals surface area contributed by atoms with Crippen molar-refractivity contribution in [3.8, 4) is 0 Å². The minimum absolute atomic E-state index is 0.0633. The molecule has 0 heterocycles. The molecule has 0 saturated carbocycles. The number of benzene rings is 1. The maximum absolute atomic E-state index is 13.6. The minimum atomic E-state index is -0.407. The molecule has 0 spiro atoms. The average molecular weight is 246 g/mol. The van der Waals surface area contributed by atoms with Crippen LogP contribution in [0.5, 0.6) is 0 Å². The van der Waals surface area contributed by atoms with Crippen LogP contribution in [0.15, 0.2) is 42.7 Å². The quantitative estimate of drug-likeness (QED) is 0.595. The van der Waals surface area contributed by atoms with E-state index in [0.717, 1.165) is 18.4 Å². The molecule has 0 unspecified atom stereocenters. The average Bonchev–Trinajstić information content (AvgIpc) is 2.82. The van der Waals surface area contributed by atoms with Crippen LogP contribution in [0.2, 0.25) is 0 Å². The van der Waals surface area contributed by atoms with Gasteiger partial charge in [-0.2, -0.15) is 0 Å². The third-order valence-corrected chi connectivity index (χ3v) is 2.93. The van der Waals surface area contributed by atoms with E-state index < -0.39 is 5.97 Å². The van der Waals surface area contributed by atoms with Crippen LogP contribution in [0.3, 0.4) is 0 Å². The topological polar surface area (TPSA) is 26.3 Å². The lowest BCUT2D eigenvalue weighted by Crippen LogP contribution is -2.05. The van der Waals surface area contributed by atoms with Crippen LogP contribution in [-0.2, 0) is 4.74 Å². The Bertz CT molecular complexity index is 503. The summed E-state index contributed by atoms with van der Waals surface area (Å²) in [7, 11) is 0. The van der Waals surface area contributed by atoms with Gasteiger partial charge in [0.15, 0.2) is 0 Å². The zero-order valence-electron chi connectivity index (χ0n) is 10.1. The van der Waals surface area contributed by atoms with Crippen LogP contribution in [0.1, 0.15) is 35.2 Å². The summed E-state index contributed by atoms with van der Waals surface area (Å²) in [6.45, 7) is 3.66. The molecule has 0 radical (unpaired) electrons. The smallest absolute Gasteiger partial charge is 0.338 e. The lowest BCUT2D eigenvalue weighted by atomic mass is 10.0. The zero-order chi connectivity index (χ0) is 13.0. The number of ether oxygens (including phenoxy) is 1. The van der Waals surface area contributed by atoms with Crippen LogP contribution >= 0.6 is 0 Å². The van der Waals surface area contributed by atoms with E-state index in [4.69, 9.17) is 4.74 Å². The monoisotopic (exact) mass is 246 g/mol. The molecule has 0 saturated heterocycles. The molecule has 1 aromatic rings. The van der Waals surface area contributed by atoms with E-state index in [1.54, 1.807) is 18.2 Å². The fraction of sp³-hybridized carbons (Fsp3) is 0.267. The highest BCUT2D eigenvalue weighted by Crippen LogP contribution is 2.34. The van der Waals surface area contributed by atoms with Gasteiger partial charge >= 0.3 is 5.97 Å². The number of allylic oxidation sites excluding steroid dienone is 2. The number of hydrogen-bond donors (Lipinski definition) is 0. The summed E-state index contributed by atoms with van der Waals surface area (Å²) >= 11 is 0. The lowest BCUT2D eigenvalue weighted by molar-refractivity contribution is 0.0549. The minimum Gasteiger partial charge on any atom is -0.458 e. The normalized spacial score (nSPS) is 14.7. The first kappa shape index (κ1) is 12.6. The molecule has 18 heavy (non-hydrogen) atoms. The van der Waals surface area contributed by atoms with Gasteiger partial charge in [-0.05, 0) is 42.5 Å². The van der Waals surface area contributed by atoms with Crippen molar-refractivity contribution in [1.29, 1.82) is 0 Å². The first-order chi connectivity index (χ1) is 8.72. The molecule has 2 nitrogen and oxygen atoms in total. The van der Waals surface area contributed by atoms with Crippen LogP contribution in [0.25, 0.3) is 5.57 Å². The Hall–Kier alpha value is -1.90. The van der Waals surface area contributed by atoms with E-state index in [2.05, 4.69) is 6.58 Å². The highest BCUT2D eigenvalue weighted by atomic mass is 19.1. The standard InChI is InChI=1S/C15H15FO2/c1-2-9-18-15(17)12-6-3-5-11(10-12)13-7-4-8-14(13)16/h2-3,5-6,10H,1,4,7-9H2. The van der Waals surface area contributed by atoms with Crippen molar-refractivity contribution in [2.75, 3.05) is 6.61 Å². The molecule has 1 aromatic carbocycles. The van der Waals surface area contributed by atoms with Crippen molar-refractivity contribution in [2.24, 2.45) is 0 Å². The van der Waals surface area contributed by atoms with Crippen molar-refractivity contribution in [3.63, 3.8) is 0 Å². The molecule has 0 aromatic heterocycles. The maximum atomic E-state index is 13.6. The van der Waals surface area contributed by atoms with E-state index >= 15 is 0 Å². The Morgan fingerprint density at radius 2 is 2.28 bits per heavy atom. The summed E-state index contributed by atoms with van der Waals surface area (Å²) in [6.07, 6.45) is 3.59. The fourth-order valence-corrected chi connectivity index (χ4v) is 2.06. The Kier molecular flexibility index (Phi) is 3.92. The molecule has 2 rings (SSSR count). The Labute approximate surface area is 106 Å². The van der Waals surface area contributed by atoms with Gasteiger partial charge in [0.25, 0.3) is 0 Å². The van der Waals surface area contributed by atoms with Gasteiger partial charge < -0.3 is 4.74 Å². The molecule has 0 fully saturated rings. The lowest BCUT2D eigenvalue weighted by Gasteiger charge is -2.06. The van der Waals surface area contributed by atoms with Gasteiger partial charge in [0.2, 0.25) is 0 Å². The van der Waals surface area contributed by atoms with Gasteiger partial charge in [0, 0.05) is 0 Å². The Balaban J connectivity index is 2.22. The molecule has 0 atom stereocenters. The van der Waals surface area contributed by atoms with Crippen molar-refractivity contribution >= 4 is 11.5 Å². The van der Waals surface area contributed by atoms with Gasteiger partial charge in [-0.1, -0.05) is 24.8 Å². The Morgan fingerprint density at radius 3 is 2.94 bits per heavy atom. The molecule has 1 aliphatic rings.